The van der Waals surface area contributed by atoms with Crippen LogP contribution in [0.4, 0.5) is 5.69 Å². The summed E-state index contributed by atoms with van der Waals surface area (Å²) in [5, 5.41) is 6.42. The molecule has 5 aromatic rings. The van der Waals surface area contributed by atoms with Gasteiger partial charge in [0, 0.05) is 22.8 Å². The maximum absolute atomic E-state index is 14.0. The third-order valence-corrected chi connectivity index (χ3v) is 9.35. The molecule has 5 aromatic carbocycles. The smallest absolute Gasteiger partial charge is 0.870 e. The van der Waals surface area contributed by atoms with E-state index in [0.717, 1.165) is 38.9 Å². The molecule has 0 unspecified atom stereocenters. The Bertz CT molecular complexity index is 2000. The van der Waals surface area contributed by atoms with E-state index in [1.54, 1.807) is 12.1 Å². The first-order valence-corrected chi connectivity index (χ1v) is 17.8. The van der Waals surface area contributed by atoms with Crippen molar-refractivity contribution in [2.75, 3.05) is 17.6 Å². The molecule has 7 nitrogen and oxygen atoms in total. The number of nitrogens with one attached hydrogen (secondary N) is 2. The zero-order chi connectivity index (χ0) is 35.1. The summed E-state index contributed by atoms with van der Waals surface area (Å²) in [6.45, 7) is 8.64. The third-order valence-electron chi connectivity index (χ3n) is 8.58. The number of hydrogen-bond donors (Lipinski definition) is 2. The van der Waals surface area contributed by atoms with Crippen molar-refractivity contribution in [3.8, 4) is 22.3 Å². The number of aryl methyl sites for hydroxylation is 1. The van der Waals surface area contributed by atoms with Crippen LogP contribution in [0.1, 0.15) is 59.3 Å². The Morgan fingerprint density at radius 1 is 0.765 bits per heavy atom. The molecule has 0 fully saturated rings. The number of hydrogen-bond acceptors (Lipinski definition) is 6. The SMILES string of the molecule is Cc1cc(Cl)ccc1-c1ccc(NC(=O)[C@H](Cc2ccc(C(=O)NCC[S-](=O)=O)cc2)c2ccc(-c3ccc(C(C)(C)C)cc3)cc2)cc1.[Na+].[OH-]. The van der Waals surface area contributed by atoms with E-state index >= 15 is 0 Å². The summed E-state index contributed by atoms with van der Waals surface area (Å²) in [6.07, 6.45) is 0.407. The number of carbonyl (C=O) groups is 2. The Labute approximate surface area is 329 Å². The van der Waals surface area contributed by atoms with Crippen LogP contribution in [-0.2, 0) is 35.8 Å². The van der Waals surface area contributed by atoms with Gasteiger partial charge in [0.15, 0.2) is 0 Å². The van der Waals surface area contributed by atoms with Crippen molar-refractivity contribution in [2.24, 2.45) is 0 Å². The molecule has 0 radical (unpaired) electrons. The van der Waals surface area contributed by atoms with Gasteiger partial charge in [0.1, 0.15) is 0 Å². The van der Waals surface area contributed by atoms with Crippen LogP contribution in [0, 0.1) is 6.92 Å². The minimum absolute atomic E-state index is 0. The van der Waals surface area contributed by atoms with E-state index in [1.165, 1.54) is 5.56 Å². The topological polar surface area (TPSA) is 122 Å². The molecule has 0 aliphatic rings. The van der Waals surface area contributed by atoms with Crippen LogP contribution >= 0.6 is 11.6 Å². The molecule has 0 saturated heterocycles. The summed E-state index contributed by atoms with van der Waals surface area (Å²) < 4.78 is 21.6. The number of rotatable bonds is 11. The van der Waals surface area contributed by atoms with Gasteiger partial charge in [-0.25, -0.2) is 0 Å². The van der Waals surface area contributed by atoms with E-state index in [2.05, 4.69) is 55.7 Å². The fourth-order valence-electron chi connectivity index (χ4n) is 5.72. The summed E-state index contributed by atoms with van der Waals surface area (Å²) in [4.78, 5) is 26.4. The normalized spacial score (nSPS) is 11.6. The fourth-order valence-corrected chi connectivity index (χ4v) is 6.22. The van der Waals surface area contributed by atoms with Crippen LogP contribution in [0.25, 0.3) is 22.3 Å². The van der Waals surface area contributed by atoms with Crippen LogP contribution in [0.3, 0.4) is 0 Å². The molecule has 0 spiro atoms. The second-order valence-corrected chi connectivity index (χ2v) is 14.6. The van der Waals surface area contributed by atoms with Gasteiger partial charge in [0.05, 0.1) is 5.92 Å². The largest absolute Gasteiger partial charge is 1.00 e. The standard InChI is InChI=1S/C41H40ClN2O4S.Na.H2O/c1-27-25-35(42)19-22-37(27)31-15-20-36(21-16-31)44-40(46)38(26-28-5-7-33(8-6-28)39(45)43-23-24-49(47)48)32-11-9-29(10-12-32)30-13-17-34(18-14-30)41(2,3)4;;/h5-22,25,38H,23-24,26H2,1-4H3,(H,43,45)(H,44,46);;1H2/q-1;+1;/p-1/t38-;;/m1../s1. The van der Waals surface area contributed by atoms with Gasteiger partial charge < -0.3 is 24.5 Å². The third kappa shape index (κ3) is 11.4. The summed E-state index contributed by atoms with van der Waals surface area (Å²) in [6, 6.07) is 37.3. The number of amides is 2. The average molecular weight is 732 g/mol. The maximum atomic E-state index is 14.0. The molecule has 1 atom stereocenters. The van der Waals surface area contributed by atoms with Gasteiger partial charge in [0.2, 0.25) is 5.91 Å². The van der Waals surface area contributed by atoms with Gasteiger partial charge in [-0.15, -0.1) is 0 Å². The minimum atomic E-state index is -2.22. The summed E-state index contributed by atoms with van der Waals surface area (Å²) in [5.41, 5.74) is 9.53. The molecule has 0 aliphatic heterocycles. The number of anilines is 1. The van der Waals surface area contributed by atoms with Crippen LogP contribution in [-0.4, -0.2) is 29.6 Å². The summed E-state index contributed by atoms with van der Waals surface area (Å²) >= 11 is 6.15. The molecule has 0 saturated carbocycles. The second kappa shape index (κ2) is 18.6. The zero-order valence-corrected chi connectivity index (χ0v) is 33.1. The predicted octanol–water partition coefficient (Wildman–Crippen LogP) is 6.11. The molecule has 5 rings (SSSR count). The molecule has 10 heteroatoms. The maximum Gasteiger partial charge on any atom is 1.00 e. The quantitative estimate of drug-likeness (QED) is 0.125. The first-order chi connectivity index (χ1) is 23.4. The Morgan fingerprint density at radius 2 is 1.33 bits per heavy atom. The van der Waals surface area contributed by atoms with Crippen LogP contribution in [0.2, 0.25) is 5.02 Å². The van der Waals surface area contributed by atoms with Crippen LogP contribution < -0.4 is 40.2 Å². The summed E-state index contributed by atoms with van der Waals surface area (Å²) in [5.74, 6) is -1.16. The molecule has 3 N–H and O–H groups in total. The van der Waals surface area contributed by atoms with Crippen molar-refractivity contribution in [2.45, 2.75) is 45.4 Å². The zero-order valence-electron chi connectivity index (χ0n) is 29.5. The molecule has 0 heterocycles. The number of halogens is 1. The molecular weight excluding hydrogens is 691 g/mol. The molecular formula is C41H41ClN2NaO5S-. The first-order valence-electron chi connectivity index (χ1n) is 16.2. The number of benzene rings is 5. The van der Waals surface area contributed by atoms with E-state index in [4.69, 9.17) is 11.6 Å². The monoisotopic (exact) mass is 731 g/mol. The molecule has 2 amide bonds. The molecule has 51 heavy (non-hydrogen) atoms. The van der Waals surface area contributed by atoms with Crippen molar-refractivity contribution in [1.82, 2.24) is 5.32 Å². The van der Waals surface area contributed by atoms with Crippen molar-refractivity contribution in [1.29, 1.82) is 0 Å². The predicted molar refractivity (Wildman–Crippen MR) is 202 cm³/mol. The van der Waals surface area contributed by atoms with E-state index < -0.39 is 16.6 Å². The van der Waals surface area contributed by atoms with Gasteiger partial charge in [-0.05, 0) is 99.7 Å². The van der Waals surface area contributed by atoms with Crippen molar-refractivity contribution < 1.29 is 53.0 Å². The van der Waals surface area contributed by atoms with Crippen molar-refractivity contribution in [3.63, 3.8) is 0 Å². The van der Waals surface area contributed by atoms with E-state index in [-0.39, 0.29) is 64.6 Å². The van der Waals surface area contributed by atoms with Gasteiger partial charge in [-0.3, -0.25) is 9.59 Å². The van der Waals surface area contributed by atoms with Crippen LogP contribution in [0.15, 0.2) is 115 Å². The van der Waals surface area contributed by atoms with Gasteiger partial charge >= 0.3 is 29.6 Å². The first kappa shape index (κ1) is 41.7. The van der Waals surface area contributed by atoms with E-state index in [1.807, 2.05) is 85.8 Å². The fraction of sp³-hybridized carbons (Fsp3) is 0.220. The Hall–Kier alpha value is -3.76. The molecule has 0 aliphatic carbocycles. The average Bonchev–Trinajstić information content (AvgIpc) is 3.07. The molecule has 0 aromatic heterocycles. The summed E-state index contributed by atoms with van der Waals surface area (Å²) in [7, 11) is -2.22. The Kier molecular flexibility index (Phi) is 15.2. The van der Waals surface area contributed by atoms with Gasteiger partial charge in [0.25, 0.3) is 5.91 Å². The Balaban J connectivity index is 0.00000351. The minimum Gasteiger partial charge on any atom is -0.870 e. The molecule has 260 valence electrons. The van der Waals surface area contributed by atoms with E-state index in [0.29, 0.717) is 22.7 Å². The van der Waals surface area contributed by atoms with Crippen molar-refractivity contribution in [3.05, 3.63) is 148 Å². The number of carbonyl (C=O) groups excluding carboxylic acids is 2. The Morgan fingerprint density at radius 3 is 1.88 bits per heavy atom. The van der Waals surface area contributed by atoms with Crippen molar-refractivity contribution >= 4 is 39.8 Å². The second-order valence-electron chi connectivity index (χ2n) is 13.2. The van der Waals surface area contributed by atoms with Gasteiger partial charge in [-0.2, -0.15) is 0 Å². The van der Waals surface area contributed by atoms with Gasteiger partial charge in [-0.1, -0.05) is 128 Å². The van der Waals surface area contributed by atoms with Crippen LogP contribution in [0.5, 0.6) is 0 Å². The van der Waals surface area contributed by atoms with E-state index in [9.17, 15) is 18.0 Å². The molecule has 0 bridgehead atoms.